The second-order valence-corrected chi connectivity index (χ2v) is 10.2. The zero-order chi connectivity index (χ0) is 28.1. The van der Waals surface area contributed by atoms with E-state index >= 15 is 0 Å². The first-order valence-corrected chi connectivity index (χ1v) is 13.4. The highest BCUT2D eigenvalue weighted by Gasteiger charge is 2.20. The smallest absolute Gasteiger partial charge is 0.263 e. The number of pyridine rings is 2. The van der Waals surface area contributed by atoms with Gasteiger partial charge in [-0.2, -0.15) is 0 Å². The van der Waals surface area contributed by atoms with Crippen LogP contribution in [0.2, 0.25) is 0 Å². The normalized spacial score (nSPS) is 12.2. The largest absolute Gasteiger partial charge is 0.361 e. The van der Waals surface area contributed by atoms with Crippen molar-refractivity contribution >= 4 is 38.5 Å². The number of para-hydroxylation sites is 1. The van der Waals surface area contributed by atoms with Gasteiger partial charge in [-0.1, -0.05) is 42.5 Å². The van der Waals surface area contributed by atoms with Crippen LogP contribution in [0.5, 0.6) is 0 Å². The Morgan fingerprint density at radius 3 is 2.59 bits per heavy atom. The summed E-state index contributed by atoms with van der Waals surface area (Å²) in [6.45, 7) is 4.03. The van der Waals surface area contributed by atoms with E-state index in [1.165, 1.54) is 12.4 Å². The number of rotatable bonds is 5. The van der Waals surface area contributed by atoms with Crippen LogP contribution in [0.3, 0.4) is 0 Å². The molecule has 0 bridgehead atoms. The molecule has 0 saturated carbocycles. The predicted molar refractivity (Wildman–Crippen MR) is 164 cm³/mol. The minimum absolute atomic E-state index is 0.121. The van der Waals surface area contributed by atoms with Crippen molar-refractivity contribution in [3.05, 3.63) is 129 Å². The lowest BCUT2D eigenvalue weighted by Gasteiger charge is -2.22. The van der Waals surface area contributed by atoms with Crippen LogP contribution in [0.25, 0.3) is 49.5 Å². The number of nitrogens with one attached hydrogen (secondary N) is 3. The molecule has 0 aliphatic rings. The van der Waals surface area contributed by atoms with E-state index in [0.29, 0.717) is 22.2 Å². The Bertz CT molecular complexity index is 2210. The maximum atomic E-state index is 14.5. The molecule has 200 valence electrons. The zero-order valence-corrected chi connectivity index (χ0v) is 22.5. The Kier molecular flexibility index (Phi) is 5.75. The fraction of sp³-hybridized carbons (Fsp3) is 0.0909. The topological polar surface area (TPSA) is 108 Å². The average molecular weight is 539 g/mol. The van der Waals surface area contributed by atoms with Gasteiger partial charge in [0.15, 0.2) is 5.43 Å². The number of hydrogen-bond acceptors (Lipinski definition) is 5. The second-order valence-electron chi connectivity index (χ2n) is 10.2. The summed E-state index contributed by atoms with van der Waals surface area (Å²) in [6.07, 6.45) is 4.97. The first kappa shape index (κ1) is 24.5. The number of aromatic amines is 2. The zero-order valence-electron chi connectivity index (χ0n) is 22.5. The standard InChI is InChI=1S/C33H26N6O2/c1-19-17-35-26-12-11-21(15-25(19)26)24-10-6-7-22-16-27(39(33(41)29(22)24)23-8-4-3-5-9-23)20(2)38-32-30-28(40)13-14-34-31(30)36-18-37-32/h3-18,20,35H,1-2H3,(H2,34,36,37,38,40)/t20-/m0/s1. The number of nitrogens with zero attached hydrogens (tertiary/aromatic N) is 3. The van der Waals surface area contributed by atoms with E-state index in [0.717, 1.165) is 44.4 Å². The minimum Gasteiger partial charge on any atom is -0.361 e. The summed E-state index contributed by atoms with van der Waals surface area (Å²) in [5, 5.41) is 6.35. The molecule has 1 atom stereocenters. The summed E-state index contributed by atoms with van der Waals surface area (Å²) in [4.78, 5) is 42.1. The molecule has 4 aromatic heterocycles. The highest BCUT2D eigenvalue weighted by atomic mass is 16.1. The molecule has 0 saturated heterocycles. The molecule has 41 heavy (non-hydrogen) atoms. The van der Waals surface area contributed by atoms with Gasteiger partial charge in [-0.25, -0.2) is 9.97 Å². The van der Waals surface area contributed by atoms with E-state index in [-0.39, 0.29) is 17.0 Å². The van der Waals surface area contributed by atoms with Crippen molar-refractivity contribution in [2.75, 3.05) is 5.32 Å². The first-order chi connectivity index (χ1) is 20.0. The Labute approximate surface area is 234 Å². The highest BCUT2D eigenvalue weighted by Crippen LogP contribution is 2.32. The van der Waals surface area contributed by atoms with Gasteiger partial charge >= 0.3 is 0 Å². The Balaban J connectivity index is 1.45. The summed E-state index contributed by atoms with van der Waals surface area (Å²) in [5.41, 5.74) is 5.70. The van der Waals surface area contributed by atoms with Crippen molar-refractivity contribution in [3.63, 3.8) is 0 Å². The average Bonchev–Trinajstić information content (AvgIpc) is 3.37. The van der Waals surface area contributed by atoms with Crippen molar-refractivity contribution in [2.24, 2.45) is 0 Å². The van der Waals surface area contributed by atoms with Crippen molar-refractivity contribution in [1.29, 1.82) is 0 Å². The second kappa shape index (κ2) is 9.60. The minimum atomic E-state index is -0.382. The van der Waals surface area contributed by atoms with Crippen molar-refractivity contribution in [3.8, 4) is 16.8 Å². The molecule has 4 heterocycles. The molecule has 3 aromatic carbocycles. The third-order valence-electron chi connectivity index (χ3n) is 7.63. The molecular formula is C33H26N6O2. The van der Waals surface area contributed by atoms with Crippen LogP contribution in [0.4, 0.5) is 5.82 Å². The van der Waals surface area contributed by atoms with Gasteiger partial charge < -0.3 is 15.3 Å². The molecule has 8 heteroatoms. The van der Waals surface area contributed by atoms with Gasteiger partial charge in [0.2, 0.25) is 0 Å². The fourth-order valence-corrected chi connectivity index (χ4v) is 5.61. The summed E-state index contributed by atoms with van der Waals surface area (Å²) in [5.74, 6) is 0.403. The van der Waals surface area contributed by atoms with Crippen LogP contribution in [0, 0.1) is 6.92 Å². The van der Waals surface area contributed by atoms with Crippen LogP contribution in [0.1, 0.15) is 24.2 Å². The predicted octanol–water partition coefficient (Wildman–Crippen LogP) is 6.25. The van der Waals surface area contributed by atoms with Crippen molar-refractivity contribution in [2.45, 2.75) is 19.9 Å². The van der Waals surface area contributed by atoms with E-state index in [1.807, 2.05) is 67.7 Å². The van der Waals surface area contributed by atoms with Crippen LogP contribution in [-0.4, -0.2) is 24.5 Å². The molecular weight excluding hydrogens is 512 g/mol. The van der Waals surface area contributed by atoms with E-state index < -0.39 is 0 Å². The summed E-state index contributed by atoms with van der Waals surface area (Å²) in [6, 6.07) is 24.9. The third-order valence-corrected chi connectivity index (χ3v) is 7.63. The van der Waals surface area contributed by atoms with Gasteiger partial charge in [-0.05, 0) is 66.3 Å². The molecule has 0 fully saturated rings. The molecule has 7 aromatic rings. The van der Waals surface area contributed by atoms with Crippen LogP contribution in [0.15, 0.2) is 107 Å². The molecule has 8 nitrogen and oxygen atoms in total. The van der Waals surface area contributed by atoms with Gasteiger partial charge in [0, 0.05) is 40.7 Å². The number of anilines is 1. The van der Waals surface area contributed by atoms with Gasteiger partial charge in [0.1, 0.15) is 23.2 Å². The number of aryl methyl sites for hydroxylation is 1. The summed E-state index contributed by atoms with van der Waals surface area (Å²) < 4.78 is 1.75. The van der Waals surface area contributed by atoms with Gasteiger partial charge in [-0.15, -0.1) is 0 Å². The molecule has 3 N–H and O–H groups in total. The van der Waals surface area contributed by atoms with E-state index in [9.17, 15) is 9.59 Å². The van der Waals surface area contributed by atoms with E-state index in [4.69, 9.17) is 0 Å². The fourth-order valence-electron chi connectivity index (χ4n) is 5.61. The van der Waals surface area contributed by atoms with Crippen LogP contribution in [-0.2, 0) is 0 Å². The number of benzene rings is 3. The number of H-pyrrole nitrogens is 2. The van der Waals surface area contributed by atoms with Crippen molar-refractivity contribution in [1.82, 2.24) is 24.5 Å². The lowest BCUT2D eigenvalue weighted by Crippen LogP contribution is -2.26. The first-order valence-electron chi connectivity index (χ1n) is 13.4. The lowest BCUT2D eigenvalue weighted by atomic mass is 9.96. The SMILES string of the molecule is Cc1c[nH]c2ccc(-c3cccc4cc([C@H](C)Nc5ncnc6[nH]ccc(=O)c56)n(-c5ccccc5)c(=O)c34)cc12. The Morgan fingerprint density at radius 1 is 0.878 bits per heavy atom. The lowest BCUT2D eigenvalue weighted by molar-refractivity contribution is 0.774. The number of hydrogen-bond donors (Lipinski definition) is 3. The Hall–Kier alpha value is -5.50. The number of aromatic nitrogens is 5. The maximum absolute atomic E-state index is 14.5. The molecule has 0 aliphatic carbocycles. The van der Waals surface area contributed by atoms with Crippen molar-refractivity contribution < 1.29 is 0 Å². The van der Waals surface area contributed by atoms with E-state index in [1.54, 1.807) is 10.8 Å². The van der Waals surface area contributed by atoms with Gasteiger partial charge in [0.05, 0.1) is 11.4 Å². The molecule has 0 spiro atoms. The molecule has 0 unspecified atom stereocenters. The van der Waals surface area contributed by atoms with Crippen LogP contribution < -0.4 is 16.3 Å². The van der Waals surface area contributed by atoms with Crippen LogP contribution >= 0.6 is 0 Å². The third kappa shape index (κ3) is 4.08. The molecule has 0 aliphatic heterocycles. The maximum Gasteiger partial charge on any atom is 0.263 e. The summed E-state index contributed by atoms with van der Waals surface area (Å²) >= 11 is 0. The molecule has 0 amide bonds. The van der Waals surface area contributed by atoms with E-state index in [2.05, 4.69) is 50.4 Å². The summed E-state index contributed by atoms with van der Waals surface area (Å²) in [7, 11) is 0. The molecule has 7 rings (SSSR count). The van der Waals surface area contributed by atoms with Gasteiger partial charge in [-0.3, -0.25) is 14.2 Å². The number of fused-ring (bicyclic) bond motifs is 3. The monoisotopic (exact) mass is 538 g/mol. The molecule has 0 radical (unpaired) electrons. The Morgan fingerprint density at radius 2 is 1.73 bits per heavy atom. The quantitative estimate of drug-likeness (QED) is 0.240. The highest BCUT2D eigenvalue weighted by molar-refractivity contribution is 5.99. The van der Waals surface area contributed by atoms with Gasteiger partial charge in [0.25, 0.3) is 5.56 Å².